The molecular weight excluding hydrogens is 342 g/mol. The summed E-state index contributed by atoms with van der Waals surface area (Å²) in [5.41, 5.74) is 1.73. The number of hydrogen-bond donors (Lipinski definition) is 0. The monoisotopic (exact) mass is 381 g/mol. The summed E-state index contributed by atoms with van der Waals surface area (Å²) < 4.78 is 0. The van der Waals surface area contributed by atoms with Crippen molar-refractivity contribution in [2.45, 2.75) is 86.0 Å². The molecule has 2 nitrogen and oxygen atoms in total. The van der Waals surface area contributed by atoms with Crippen LogP contribution in [-0.4, -0.2) is 5.78 Å². The zero-order valence-electron chi connectivity index (χ0n) is 18.6. The Hall–Kier alpha value is -1.10. The molecule has 4 saturated carbocycles. The van der Waals surface area contributed by atoms with E-state index in [1.807, 2.05) is 0 Å². The van der Waals surface area contributed by atoms with Gasteiger partial charge in [-0.05, 0) is 97.4 Å². The molecule has 0 aliphatic heterocycles. The number of carbonyl (C=O) groups excluding carboxylic acids is 1. The molecule has 2 heteroatoms. The smallest absolute Gasteiger partial charge is 0.162 e. The molecule has 0 saturated heterocycles. The lowest BCUT2D eigenvalue weighted by Gasteiger charge is -2.61. The number of rotatable bonds is 2. The lowest BCUT2D eigenvalue weighted by molar-refractivity contribution is -0.147. The molecule has 0 amide bonds. The van der Waals surface area contributed by atoms with Gasteiger partial charge in [0.05, 0.1) is 6.07 Å². The molecule has 0 spiro atoms. The van der Waals surface area contributed by atoms with Crippen LogP contribution in [0.4, 0.5) is 0 Å². The van der Waals surface area contributed by atoms with E-state index in [-0.39, 0.29) is 11.3 Å². The Labute approximate surface area is 172 Å². The number of hydrogen-bond acceptors (Lipinski definition) is 2. The zero-order valence-corrected chi connectivity index (χ0v) is 18.6. The van der Waals surface area contributed by atoms with Gasteiger partial charge >= 0.3 is 0 Å². The van der Waals surface area contributed by atoms with Crippen LogP contribution in [0.15, 0.2) is 11.6 Å². The lowest BCUT2D eigenvalue weighted by atomic mass is 9.42. The van der Waals surface area contributed by atoms with Crippen molar-refractivity contribution in [2.24, 2.45) is 52.3 Å². The Balaban J connectivity index is 1.71. The molecule has 0 N–H and O–H groups in total. The molecule has 154 valence electrons. The molecule has 4 fully saturated rings. The lowest BCUT2D eigenvalue weighted by Crippen LogP contribution is -2.57. The van der Waals surface area contributed by atoms with Crippen molar-refractivity contribution >= 4 is 5.78 Å². The fraction of sp³-hybridized carbons (Fsp3) is 0.846. The Morgan fingerprint density at radius 1 is 1.14 bits per heavy atom. The van der Waals surface area contributed by atoms with Gasteiger partial charge in [0.2, 0.25) is 0 Å². The molecular formula is C26H39NO. The van der Waals surface area contributed by atoms with Crippen LogP contribution < -0.4 is 0 Å². The summed E-state index contributed by atoms with van der Waals surface area (Å²) in [6, 6.07) is 2.41. The highest BCUT2D eigenvalue weighted by atomic mass is 16.1. The molecule has 4 rings (SSSR count). The number of carbonyl (C=O) groups is 1. The van der Waals surface area contributed by atoms with Crippen molar-refractivity contribution in [3.63, 3.8) is 0 Å². The van der Waals surface area contributed by atoms with Gasteiger partial charge in [-0.1, -0.05) is 40.2 Å². The normalized spacial score (nSPS) is 50.4. The van der Waals surface area contributed by atoms with E-state index in [4.69, 9.17) is 0 Å². The van der Waals surface area contributed by atoms with Gasteiger partial charge in [0.25, 0.3) is 0 Å². The van der Waals surface area contributed by atoms with Crippen LogP contribution in [0, 0.1) is 63.6 Å². The molecule has 0 heterocycles. The second-order valence-electron chi connectivity index (χ2n) is 11.4. The summed E-state index contributed by atoms with van der Waals surface area (Å²) in [6.07, 6.45) is 11.5. The van der Waals surface area contributed by atoms with Crippen LogP contribution in [0.25, 0.3) is 0 Å². The molecule has 0 unspecified atom stereocenters. The number of fused-ring (bicyclic) bond motifs is 5. The maximum Gasteiger partial charge on any atom is 0.162 e. The SMILES string of the molecule is C/C=C1/C(=O)[C@@H]2[C@H](CC[C@]3(C)[C@@H]([C@H](C)CC#N)CC[C@@H]23)[C@@]2(C)CC[C@@H](C)C[C@@H]12. The average molecular weight is 382 g/mol. The van der Waals surface area contributed by atoms with Gasteiger partial charge in [-0.25, -0.2) is 0 Å². The quantitative estimate of drug-likeness (QED) is 0.508. The minimum absolute atomic E-state index is 0.235. The van der Waals surface area contributed by atoms with E-state index < -0.39 is 0 Å². The van der Waals surface area contributed by atoms with Crippen molar-refractivity contribution in [1.82, 2.24) is 0 Å². The molecule has 0 aromatic heterocycles. The highest BCUT2D eigenvalue weighted by Gasteiger charge is 2.63. The first-order valence-electron chi connectivity index (χ1n) is 11.8. The van der Waals surface area contributed by atoms with Crippen LogP contribution in [0.2, 0.25) is 0 Å². The number of ketones is 1. The standard InChI is InChI=1S/C26H39NO/c1-6-18-22-15-16(2)9-12-26(22,5)21-10-13-25(4)19(17(3)11-14-27)7-8-20(25)23(21)24(18)28/h6,16-17,19-23H,7-13,15H2,1-5H3/b18-6+/t16-,17-,19-,20+,21+,22+,23+,25-,26-/m1/s1. The summed E-state index contributed by atoms with van der Waals surface area (Å²) >= 11 is 0. The molecule has 0 bridgehead atoms. The molecule has 9 atom stereocenters. The third-order valence-electron chi connectivity index (χ3n) is 10.2. The minimum atomic E-state index is 0.235. The van der Waals surface area contributed by atoms with E-state index >= 15 is 0 Å². The van der Waals surface area contributed by atoms with E-state index in [1.54, 1.807) is 0 Å². The molecule has 28 heavy (non-hydrogen) atoms. The predicted molar refractivity (Wildman–Crippen MR) is 113 cm³/mol. The zero-order chi connectivity index (χ0) is 20.3. The van der Waals surface area contributed by atoms with Crippen LogP contribution in [0.1, 0.15) is 86.0 Å². The Bertz CT molecular complexity index is 716. The van der Waals surface area contributed by atoms with Crippen molar-refractivity contribution in [3.8, 4) is 6.07 Å². The topological polar surface area (TPSA) is 40.9 Å². The maximum atomic E-state index is 13.9. The summed E-state index contributed by atoms with van der Waals surface area (Å²) in [5, 5.41) is 9.25. The predicted octanol–water partition coefficient (Wildman–Crippen LogP) is 6.57. The van der Waals surface area contributed by atoms with Crippen molar-refractivity contribution in [3.05, 3.63) is 11.6 Å². The Morgan fingerprint density at radius 2 is 1.82 bits per heavy atom. The van der Waals surface area contributed by atoms with E-state index in [0.29, 0.717) is 47.2 Å². The largest absolute Gasteiger partial charge is 0.294 e. The first kappa shape index (κ1) is 20.2. The van der Waals surface area contributed by atoms with Gasteiger partial charge < -0.3 is 0 Å². The van der Waals surface area contributed by atoms with Gasteiger partial charge in [0.1, 0.15) is 0 Å². The number of Topliss-reactive ketones (excluding diaryl/α,β-unsaturated/α-hetero) is 1. The van der Waals surface area contributed by atoms with Crippen LogP contribution in [0.5, 0.6) is 0 Å². The molecule has 0 aromatic carbocycles. The van der Waals surface area contributed by atoms with Gasteiger partial charge in [0, 0.05) is 12.3 Å². The minimum Gasteiger partial charge on any atom is -0.294 e. The van der Waals surface area contributed by atoms with Gasteiger partial charge in [-0.3, -0.25) is 4.79 Å². The summed E-state index contributed by atoms with van der Waals surface area (Å²) in [5.74, 6) is 4.13. The molecule has 4 aliphatic rings. The number of allylic oxidation sites excluding steroid dienone is 2. The molecule has 4 aliphatic carbocycles. The molecule has 0 aromatic rings. The van der Waals surface area contributed by atoms with Gasteiger partial charge in [-0.2, -0.15) is 5.26 Å². The van der Waals surface area contributed by atoms with Crippen molar-refractivity contribution in [2.75, 3.05) is 0 Å². The summed E-state index contributed by atoms with van der Waals surface area (Å²) in [7, 11) is 0. The van der Waals surface area contributed by atoms with E-state index in [1.165, 1.54) is 50.5 Å². The summed E-state index contributed by atoms with van der Waals surface area (Å²) in [4.78, 5) is 13.9. The number of nitriles is 1. The van der Waals surface area contributed by atoms with Gasteiger partial charge in [-0.15, -0.1) is 0 Å². The second kappa shape index (κ2) is 7.00. The third kappa shape index (κ3) is 2.68. The fourth-order valence-corrected chi connectivity index (χ4v) is 8.66. The maximum absolute atomic E-state index is 13.9. The highest BCUT2D eigenvalue weighted by molar-refractivity contribution is 5.99. The first-order chi connectivity index (χ1) is 13.3. The van der Waals surface area contributed by atoms with Crippen molar-refractivity contribution in [1.29, 1.82) is 5.26 Å². The van der Waals surface area contributed by atoms with E-state index in [2.05, 4.69) is 46.8 Å². The Kier molecular flexibility index (Phi) is 5.05. The number of nitrogens with zero attached hydrogens (tertiary/aromatic N) is 1. The van der Waals surface area contributed by atoms with Crippen molar-refractivity contribution < 1.29 is 4.79 Å². The first-order valence-corrected chi connectivity index (χ1v) is 11.8. The van der Waals surface area contributed by atoms with Crippen LogP contribution in [-0.2, 0) is 4.79 Å². The second-order valence-corrected chi connectivity index (χ2v) is 11.4. The summed E-state index contributed by atoms with van der Waals surface area (Å²) in [6.45, 7) is 11.7. The fourth-order valence-electron chi connectivity index (χ4n) is 8.66. The van der Waals surface area contributed by atoms with Crippen LogP contribution >= 0.6 is 0 Å². The highest BCUT2D eigenvalue weighted by Crippen LogP contribution is 2.68. The van der Waals surface area contributed by atoms with Crippen LogP contribution in [0.3, 0.4) is 0 Å². The van der Waals surface area contributed by atoms with E-state index in [9.17, 15) is 10.1 Å². The van der Waals surface area contributed by atoms with E-state index in [0.717, 1.165) is 5.92 Å². The average Bonchev–Trinajstić information content (AvgIpc) is 3.01. The third-order valence-corrected chi connectivity index (χ3v) is 10.2. The Morgan fingerprint density at radius 3 is 2.50 bits per heavy atom. The molecule has 0 radical (unpaired) electrons. The van der Waals surface area contributed by atoms with Gasteiger partial charge in [0.15, 0.2) is 5.78 Å².